The van der Waals surface area contributed by atoms with Crippen molar-refractivity contribution in [2.24, 2.45) is 5.10 Å². The van der Waals surface area contributed by atoms with E-state index >= 15 is 0 Å². The molecule has 2 atom stereocenters. The highest BCUT2D eigenvalue weighted by Gasteiger charge is 2.29. The van der Waals surface area contributed by atoms with Crippen molar-refractivity contribution >= 4 is 40.8 Å². The van der Waals surface area contributed by atoms with Gasteiger partial charge in [0.1, 0.15) is 6.07 Å². The van der Waals surface area contributed by atoms with E-state index < -0.39 is 25.5 Å². The Morgan fingerprint density at radius 3 is 2.46 bits per heavy atom. The number of hydrogen-bond donors (Lipinski definition) is 3. The minimum Gasteiger partial charge on any atom is -0.438 e. The smallest absolute Gasteiger partial charge is 0.438 e. The summed E-state index contributed by atoms with van der Waals surface area (Å²) in [7, 11) is 0. The lowest BCUT2D eigenvalue weighted by molar-refractivity contribution is -0.0101. The van der Waals surface area contributed by atoms with Crippen LogP contribution in [-0.4, -0.2) is 57.8 Å². The van der Waals surface area contributed by atoms with Crippen molar-refractivity contribution in [1.29, 1.82) is 5.26 Å². The molecule has 2 aromatic rings. The molecule has 0 saturated carbocycles. The van der Waals surface area contributed by atoms with Crippen LogP contribution in [0.2, 0.25) is 10.0 Å². The second-order valence-corrected chi connectivity index (χ2v) is 8.96. The van der Waals surface area contributed by atoms with Gasteiger partial charge in [-0.1, -0.05) is 37.0 Å². The number of nitrogens with zero attached hydrogens (tertiary/aromatic N) is 5. The number of aromatic nitrogens is 2. The van der Waals surface area contributed by atoms with Crippen LogP contribution < -0.4 is 19.8 Å². The van der Waals surface area contributed by atoms with E-state index in [1.807, 2.05) is 13.8 Å². The summed E-state index contributed by atoms with van der Waals surface area (Å²) in [6, 6.07) is 6.09. The summed E-state index contributed by atoms with van der Waals surface area (Å²) < 4.78 is 20.9. The molecule has 1 aromatic heterocycles. The standard InChI is InChI=1S/C22H24Cl2N6O7/c1-10(2)13-7-17(27-28-20(13)34-9-35-22(33)36-11(3)4)37-18-14(23)5-12(6-15(18)24)30-21(32)26-19(31)16(8-25)29-30/h5-7,10-11,19,21,26,31-32H,9H2,1-4H3. The topological polar surface area (TPSA) is 172 Å². The average molecular weight is 555 g/mol. The average Bonchev–Trinajstić information content (AvgIpc) is 2.81. The maximum absolute atomic E-state index is 11.5. The number of hydrazone groups is 1. The number of nitriles is 1. The largest absolute Gasteiger partial charge is 0.511 e. The van der Waals surface area contributed by atoms with Crippen molar-refractivity contribution in [3.05, 3.63) is 33.8 Å². The number of carbonyl (C=O) groups excluding carboxylic acids is 1. The number of aliphatic hydroxyl groups is 2. The molecule has 1 aliphatic heterocycles. The highest BCUT2D eigenvalue weighted by Crippen LogP contribution is 2.40. The molecular weight excluding hydrogens is 531 g/mol. The third-order valence-corrected chi connectivity index (χ3v) is 5.24. The van der Waals surface area contributed by atoms with E-state index in [1.54, 1.807) is 26.0 Å². The first-order valence-electron chi connectivity index (χ1n) is 10.9. The number of halogens is 2. The van der Waals surface area contributed by atoms with E-state index in [1.165, 1.54) is 12.1 Å². The first-order valence-corrected chi connectivity index (χ1v) is 11.7. The molecule has 37 heavy (non-hydrogen) atoms. The fourth-order valence-corrected chi connectivity index (χ4v) is 3.54. The van der Waals surface area contributed by atoms with Crippen LogP contribution in [0.3, 0.4) is 0 Å². The van der Waals surface area contributed by atoms with Gasteiger partial charge >= 0.3 is 6.16 Å². The molecule has 2 heterocycles. The molecule has 1 aromatic carbocycles. The summed E-state index contributed by atoms with van der Waals surface area (Å²) in [5.74, 6) is 0.167. The lowest BCUT2D eigenvalue weighted by Crippen LogP contribution is -2.55. The minimum atomic E-state index is -1.45. The van der Waals surface area contributed by atoms with Crippen LogP contribution in [0.4, 0.5) is 10.5 Å². The predicted octanol–water partition coefficient (Wildman–Crippen LogP) is 3.48. The van der Waals surface area contributed by atoms with Gasteiger partial charge in [-0.15, -0.1) is 10.2 Å². The molecule has 2 unspecified atom stereocenters. The number of benzene rings is 1. The van der Waals surface area contributed by atoms with Gasteiger partial charge in [0, 0.05) is 11.6 Å². The summed E-state index contributed by atoms with van der Waals surface area (Å²) in [5.41, 5.74) is 0.559. The fraction of sp³-hybridized carbons (Fsp3) is 0.409. The van der Waals surface area contributed by atoms with Crippen LogP contribution >= 0.6 is 23.2 Å². The number of aliphatic hydroxyl groups excluding tert-OH is 2. The van der Waals surface area contributed by atoms with Crippen LogP contribution in [-0.2, 0) is 9.47 Å². The predicted molar refractivity (Wildman–Crippen MR) is 132 cm³/mol. The summed E-state index contributed by atoms with van der Waals surface area (Å²) in [6.07, 6.45) is -4.08. The van der Waals surface area contributed by atoms with Gasteiger partial charge in [0.15, 0.2) is 17.7 Å². The Hall–Kier alpha value is -3.41. The van der Waals surface area contributed by atoms with Gasteiger partial charge in [-0.2, -0.15) is 10.4 Å². The van der Waals surface area contributed by atoms with E-state index in [4.69, 9.17) is 47.4 Å². The Bertz CT molecular complexity index is 1200. The van der Waals surface area contributed by atoms with Gasteiger partial charge in [-0.25, -0.2) is 15.1 Å². The van der Waals surface area contributed by atoms with Crippen molar-refractivity contribution in [3.8, 4) is 23.6 Å². The Morgan fingerprint density at radius 2 is 1.86 bits per heavy atom. The van der Waals surface area contributed by atoms with Gasteiger partial charge in [0.2, 0.25) is 24.9 Å². The fourth-order valence-electron chi connectivity index (χ4n) is 2.99. The Labute approximate surface area is 222 Å². The van der Waals surface area contributed by atoms with Gasteiger partial charge in [-0.05, 0) is 31.9 Å². The quantitative estimate of drug-likeness (QED) is 0.320. The van der Waals surface area contributed by atoms with Crippen molar-refractivity contribution < 1.29 is 34.0 Å². The second-order valence-electron chi connectivity index (χ2n) is 8.15. The van der Waals surface area contributed by atoms with Crippen molar-refractivity contribution in [2.45, 2.75) is 52.3 Å². The summed E-state index contributed by atoms with van der Waals surface area (Å²) in [4.78, 5) is 11.5. The molecule has 15 heteroatoms. The second kappa shape index (κ2) is 12.2. The molecule has 198 valence electrons. The molecule has 3 N–H and O–H groups in total. The third-order valence-electron chi connectivity index (χ3n) is 4.67. The summed E-state index contributed by atoms with van der Waals surface area (Å²) in [6.45, 7) is 6.73. The van der Waals surface area contributed by atoms with Gasteiger partial charge < -0.3 is 29.2 Å². The van der Waals surface area contributed by atoms with Crippen LogP contribution in [0.1, 0.15) is 39.2 Å². The van der Waals surface area contributed by atoms with Gasteiger partial charge in [0.25, 0.3) is 0 Å². The van der Waals surface area contributed by atoms with Crippen LogP contribution in [0.5, 0.6) is 17.5 Å². The Morgan fingerprint density at radius 1 is 1.19 bits per heavy atom. The van der Waals surface area contributed by atoms with Crippen LogP contribution in [0.25, 0.3) is 0 Å². The van der Waals surface area contributed by atoms with E-state index in [0.717, 1.165) is 5.01 Å². The lowest BCUT2D eigenvalue weighted by Gasteiger charge is -2.32. The SMILES string of the molecule is CC(C)OC(=O)OCOc1nnc(Oc2c(Cl)cc(N3N=C(C#N)C(O)NC3O)cc2Cl)cc1C(C)C. The Kier molecular flexibility index (Phi) is 9.30. The molecular formula is C22H24Cl2N6O7. The minimum absolute atomic E-state index is 0.0415. The van der Waals surface area contributed by atoms with Gasteiger partial charge in [0.05, 0.1) is 21.8 Å². The number of nitrogens with one attached hydrogen (secondary N) is 1. The Balaban J connectivity index is 1.79. The summed E-state index contributed by atoms with van der Waals surface area (Å²) in [5, 5.41) is 44.4. The molecule has 0 saturated heterocycles. The molecule has 3 rings (SSSR count). The molecule has 1 aliphatic rings. The van der Waals surface area contributed by atoms with E-state index in [0.29, 0.717) is 5.56 Å². The van der Waals surface area contributed by atoms with E-state index in [9.17, 15) is 15.0 Å². The zero-order valence-corrected chi connectivity index (χ0v) is 21.7. The van der Waals surface area contributed by atoms with Crippen molar-refractivity contribution in [1.82, 2.24) is 15.5 Å². The van der Waals surface area contributed by atoms with E-state index in [2.05, 4.69) is 20.6 Å². The normalized spacial score (nSPS) is 17.3. The number of anilines is 1. The first kappa shape index (κ1) is 28.2. The lowest BCUT2D eigenvalue weighted by atomic mass is 10.1. The maximum atomic E-state index is 11.5. The van der Waals surface area contributed by atoms with E-state index in [-0.39, 0.29) is 51.0 Å². The molecule has 0 aliphatic carbocycles. The first-order chi connectivity index (χ1) is 17.5. The van der Waals surface area contributed by atoms with Crippen molar-refractivity contribution in [2.75, 3.05) is 11.8 Å². The molecule has 0 amide bonds. The zero-order valence-electron chi connectivity index (χ0n) is 20.2. The number of hydrogen-bond acceptors (Lipinski definition) is 13. The van der Waals surface area contributed by atoms with Crippen LogP contribution in [0.15, 0.2) is 23.3 Å². The molecule has 13 nitrogen and oxygen atoms in total. The highest BCUT2D eigenvalue weighted by atomic mass is 35.5. The molecule has 0 bridgehead atoms. The number of ether oxygens (including phenoxy) is 4. The molecule has 0 radical (unpaired) electrons. The molecule has 0 fully saturated rings. The zero-order chi connectivity index (χ0) is 27.3. The number of rotatable bonds is 8. The number of carbonyl (C=O) groups is 1. The highest BCUT2D eigenvalue weighted by molar-refractivity contribution is 6.37. The molecule has 0 spiro atoms. The third kappa shape index (κ3) is 7.09. The maximum Gasteiger partial charge on any atom is 0.511 e. The van der Waals surface area contributed by atoms with Gasteiger partial charge in [-0.3, -0.25) is 0 Å². The monoisotopic (exact) mass is 554 g/mol. The summed E-state index contributed by atoms with van der Waals surface area (Å²) >= 11 is 12.8. The van der Waals surface area contributed by atoms with Crippen molar-refractivity contribution in [3.63, 3.8) is 0 Å². The van der Waals surface area contributed by atoms with Crippen LogP contribution in [0, 0.1) is 11.3 Å².